The van der Waals surface area contributed by atoms with Gasteiger partial charge in [0.2, 0.25) is 0 Å². The molecule has 1 atom stereocenters. The zero-order valence-electron chi connectivity index (χ0n) is 10.6. The van der Waals surface area contributed by atoms with Crippen molar-refractivity contribution >= 4 is 23.4 Å². The van der Waals surface area contributed by atoms with Gasteiger partial charge in [0, 0.05) is 20.9 Å². The minimum absolute atomic E-state index is 0.0486. The van der Waals surface area contributed by atoms with Crippen molar-refractivity contribution in [3.63, 3.8) is 0 Å². The van der Waals surface area contributed by atoms with E-state index in [-0.39, 0.29) is 11.9 Å². The summed E-state index contributed by atoms with van der Waals surface area (Å²) < 4.78 is 12.9. The molecule has 0 bridgehead atoms. The molecule has 100 valence electrons. The second-order valence-corrected chi connectivity index (χ2v) is 5.98. The van der Waals surface area contributed by atoms with E-state index in [1.165, 1.54) is 12.1 Å². The van der Waals surface area contributed by atoms with Gasteiger partial charge in [0.25, 0.3) is 0 Å². The molecule has 0 aliphatic carbocycles. The summed E-state index contributed by atoms with van der Waals surface area (Å²) in [5, 5.41) is 0.726. The van der Waals surface area contributed by atoms with Crippen LogP contribution in [0.4, 0.5) is 4.39 Å². The third-order valence-corrected chi connectivity index (χ3v) is 4.11. The Kier molecular flexibility index (Phi) is 4.86. The average molecular weight is 296 g/mol. The number of benzene rings is 2. The van der Waals surface area contributed by atoms with Crippen LogP contribution in [0.1, 0.15) is 12.5 Å². The first-order valence-electron chi connectivity index (χ1n) is 6.02. The number of hydrogen-bond acceptors (Lipinski definition) is 2. The predicted molar refractivity (Wildman–Crippen MR) is 79.3 cm³/mol. The lowest BCUT2D eigenvalue weighted by atomic mass is 10.1. The lowest BCUT2D eigenvalue weighted by Gasteiger charge is -2.13. The van der Waals surface area contributed by atoms with Crippen LogP contribution < -0.4 is 5.73 Å². The summed E-state index contributed by atoms with van der Waals surface area (Å²) in [4.78, 5) is 2.05. The minimum atomic E-state index is -0.230. The Balaban J connectivity index is 2.29. The molecule has 0 amide bonds. The van der Waals surface area contributed by atoms with Gasteiger partial charge < -0.3 is 5.73 Å². The number of nitrogens with two attached hydrogens (primary N) is 1. The molecular weight excluding hydrogens is 281 g/mol. The van der Waals surface area contributed by atoms with Gasteiger partial charge in [-0.2, -0.15) is 0 Å². The summed E-state index contributed by atoms with van der Waals surface area (Å²) in [5.41, 5.74) is 6.91. The third-order valence-electron chi connectivity index (χ3n) is 2.64. The lowest BCUT2D eigenvalue weighted by molar-refractivity contribution is 0.626. The molecule has 2 rings (SSSR count). The topological polar surface area (TPSA) is 26.0 Å². The van der Waals surface area contributed by atoms with Gasteiger partial charge in [0.05, 0.1) is 0 Å². The van der Waals surface area contributed by atoms with Crippen molar-refractivity contribution < 1.29 is 4.39 Å². The van der Waals surface area contributed by atoms with Gasteiger partial charge in [-0.1, -0.05) is 29.4 Å². The van der Waals surface area contributed by atoms with Crippen LogP contribution in [0, 0.1) is 5.82 Å². The smallest absolute Gasteiger partial charge is 0.123 e. The second kappa shape index (κ2) is 6.42. The van der Waals surface area contributed by atoms with Crippen molar-refractivity contribution in [3.8, 4) is 0 Å². The molecule has 0 aromatic heterocycles. The van der Waals surface area contributed by atoms with Gasteiger partial charge in [-0.05, 0) is 55.3 Å². The van der Waals surface area contributed by atoms with E-state index in [4.69, 9.17) is 17.3 Å². The van der Waals surface area contributed by atoms with Crippen LogP contribution in [0.25, 0.3) is 0 Å². The number of rotatable bonds is 4. The van der Waals surface area contributed by atoms with Gasteiger partial charge in [0.1, 0.15) is 5.82 Å². The van der Waals surface area contributed by atoms with E-state index in [0.717, 1.165) is 26.8 Å². The Bertz CT molecular complexity index is 555. The van der Waals surface area contributed by atoms with Gasteiger partial charge in [-0.15, -0.1) is 0 Å². The highest BCUT2D eigenvalue weighted by molar-refractivity contribution is 7.99. The largest absolute Gasteiger partial charge is 0.328 e. The standard InChI is InChI=1S/C15H15ClFNS/c1-10(18)9-13-14(16)3-2-4-15(13)19-12-7-5-11(17)6-8-12/h2-8,10H,9,18H2,1H3. The molecule has 2 aromatic carbocycles. The zero-order chi connectivity index (χ0) is 13.8. The van der Waals surface area contributed by atoms with Crippen molar-refractivity contribution in [1.29, 1.82) is 0 Å². The maximum atomic E-state index is 12.9. The quantitative estimate of drug-likeness (QED) is 0.897. The number of halogens is 2. The molecule has 4 heteroatoms. The van der Waals surface area contributed by atoms with Crippen molar-refractivity contribution in [2.75, 3.05) is 0 Å². The van der Waals surface area contributed by atoms with Crippen LogP contribution in [-0.2, 0) is 6.42 Å². The fraction of sp³-hybridized carbons (Fsp3) is 0.200. The normalized spacial score (nSPS) is 12.4. The fourth-order valence-electron chi connectivity index (χ4n) is 1.78. The van der Waals surface area contributed by atoms with E-state index in [1.54, 1.807) is 23.9 Å². The molecule has 0 saturated carbocycles. The summed E-state index contributed by atoms with van der Waals surface area (Å²) in [6, 6.07) is 12.3. The van der Waals surface area contributed by atoms with Crippen molar-refractivity contribution in [1.82, 2.24) is 0 Å². The van der Waals surface area contributed by atoms with Crippen LogP contribution in [0.5, 0.6) is 0 Å². The van der Waals surface area contributed by atoms with Crippen molar-refractivity contribution in [3.05, 3.63) is 58.9 Å². The average Bonchev–Trinajstić information content (AvgIpc) is 2.36. The maximum absolute atomic E-state index is 12.9. The minimum Gasteiger partial charge on any atom is -0.328 e. The molecule has 0 fully saturated rings. The van der Waals surface area contributed by atoms with E-state index in [9.17, 15) is 4.39 Å². The third kappa shape index (κ3) is 3.96. The maximum Gasteiger partial charge on any atom is 0.123 e. The number of hydrogen-bond donors (Lipinski definition) is 1. The molecular formula is C15H15ClFNS. The molecule has 19 heavy (non-hydrogen) atoms. The van der Waals surface area contributed by atoms with E-state index >= 15 is 0 Å². The summed E-state index contributed by atoms with van der Waals surface area (Å²) >= 11 is 7.81. The molecule has 1 unspecified atom stereocenters. The van der Waals surface area contributed by atoms with Crippen LogP contribution in [0.3, 0.4) is 0 Å². The lowest BCUT2D eigenvalue weighted by Crippen LogP contribution is -2.18. The van der Waals surface area contributed by atoms with E-state index in [1.807, 2.05) is 25.1 Å². The highest BCUT2D eigenvalue weighted by Gasteiger charge is 2.10. The molecule has 0 saturated heterocycles. The van der Waals surface area contributed by atoms with E-state index < -0.39 is 0 Å². The summed E-state index contributed by atoms with van der Waals surface area (Å²) in [7, 11) is 0. The first-order chi connectivity index (χ1) is 9.06. The SMILES string of the molecule is CC(N)Cc1c(Cl)cccc1Sc1ccc(F)cc1. The summed E-state index contributed by atoms with van der Waals surface area (Å²) in [5.74, 6) is -0.230. The first-order valence-corrected chi connectivity index (χ1v) is 7.22. The summed E-state index contributed by atoms with van der Waals surface area (Å²) in [6.45, 7) is 1.95. The van der Waals surface area contributed by atoms with Crippen LogP contribution in [-0.4, -0.2) is 6.04 Å². The molecule has 0 heterocycles. The monoisotopic (exact) mass is 295 g/mol. The first kappa shape index (κ1) is 14.4. The van der Waals surface area contributed by atoms with Crippen molar-refractivity contribution in [2.24, 2.45) is 5.73 Å². The highest BCUT2D eigenvalue weighted by atomic mass is 35.5. The van der Waals surface area contributed by atoms with Gasteiger partial charge >= 0.3 is 0 Å². The molecule has 2 aromatic rings. The van der Waals surface area contributed by atoms with Gasteiger partial charge in [-0.25, -0.2) is 4.39 Å². The Morgan fingerprint density at radius 3 is 2.53 bits per heavy atom. The predicted octanol–water partition coefficient (Wildman–Crippen LogP) is 4.52. The summed E-state index contributed by atoms with van der Waals surface area (Å²) in [6.07, 6.45) is 0.725. The molecule has 0 radical (unpaired) electrons. The molecule has 0 spiro atoms. The molecule has 1 nitrogen and oxygen atoms in total. The second-order valence-electron chi connectivity index (χ2n) is 4.45. The molecule has 0 aliphatic heterocycles. The molecule has 2 N–H and O–H groups in total. The van der Waals surface area contributed by atoms with E-state index in [2.05, 4.69) is 0 Å². The fourth-order valence-corrected chi connectivity index (χ4v) is 3.08. The highest BCUT2D eigenvalue weighted by Crippen LogP contribution is 2.34. The Hall–Kier alpha value is -1.03. The van der Waals surface area contributed by atoms with Crippen LogP contribution in [0.15, 0.2) is 52.3 Å². The van der Waals surface area contributed by atoms with Crippen LogP contribution in [0.2, 0.25) is 5.02 Å². The van der Waals surface area contributed by atoms with Gasteiger partial charge in [-0.3, -0.25) is 0 Å². The van der Waals surface area contributed by atoms with Gasteiger partial charge in [0.15, 0.2) is 0 Å². The Labute approximate surface area is 122 Å². The van der Waals surface area contributed by atoms with Crippen LogP contribution >= 0.6 is 23.4 Å². The van der Waals surface area contributed by atoms with Crippen molar-refractivity contribution in [2.45, 2.75) is 29.2 Å². The van der Waals surface area contributed by atoms with E-state index in [0.29, 0.717) is 0 Å². The Morgan fingerprint density at radius 1 is 1.21 bits per heavy atom. The zero-order valence-corrected chi connectivity index (χ0v) is 12.1. The Morgan fingerprint density at radius 2 is 1.89 bits per heavy atom. The molecule has 0 aliphatic rings.